The van der Waals surface area contributed by atoms with Crippen molar-refractivity contribution in [2.75, 3.05) is 0 Å². The summed E-state index contributed by atoms with van der Waals surface area (Å²) in [6.45, 7) is 0. The first kappa shape index (κ1) is 7.68. The minimum atomic E-state index is -0.232. The van der Waals surface area contributed by atoms with Gasteiger partial charge in [-0.1, -0.05) is 18.2 Å². The summed E-state index contributed by atoms with van der Waals surface area (Å²) in [7, 11) is -0.232. The van der Waals surface area contributed by atoms with E-state index in [4.69, 9.17) is 9.68 Å². The Hall–Kier alpha value is -0.955. The van der Waals surface area contributed by atoms with Gasteiger partial charge in [-0.05, 0) is 30.4 Å². The molecule has 1 fully saturated rings. The molecule has 1 N–H and O–H groups in total. The van der Waals surface area contributed by atoms with Crippen molar-refractivity contribution in [2.24, 2.45) is 0 Å². The van der Waals surface area contributed by atoms with Crippen molar-refractivity contribution in [2.45, 2.75) is 18.8 Å². The fourth-order valence-electron chi connectivity index (χ4n) is 1.41. The molecular weight excluding hydrogens is 151 g/mol. The molecule has 2 nitrogen and oxygen atoms in total. The summed E-state index contributed by atoms with van der Waals surface area (Å²) < 4.78 is 5.09. The van der Waals surface area contributed by atoms with Crippen LogP contribution in [-0.2, 0) is 0 Å². The Kier molecular flexibility index (Phi) is 2.04. The molecule has 0 unspecified atom stereocenters. The van der Waals surface area contributed by atoms with E-state index in [-0.39, 0.29) is 7.69 Å². The minimum Gasteiger partial charge on any atom is -0.539 e. The Morgan fingerprint density at radius 3 is 2.75 bits per heavy atom. The van der Waals surface area contributed by atoms with Crippen molar-refractivity contribution in [3.8, 4) is 5.75 Å². The number of para-hydroxylation sites is 1. The zero-order valence-electron chi connectivity index (χ0n) is 6.86. The Labute approximate surface area is 72.5 Å². The van der Waals surface area contributed by atoms with Crippen LogP contribution in [0.15, 0.2) is 24.3 Å². The fourth-order valence-corrected chi connectivity index (χ4v) is 1.41. The Balaban J connectivity index is 2.24. The second kappa shape index (κ2) is 3.19. The molecule has 1 aliphatic carbocycles. The zero-order chi connectivity index (χ0) is 8.39. The van der Waals surface area contributed by atoms with Crippen LogP contribution in [0.3, 0.4) is 0 Å². The molecule has 1 aromatic rings. The van der Waals surface area contributed by atoms with Gasteiger partial charge in [0.1, 0.15) is 5.75 Å². The van der Waals surface area contributed by atoms with Crippen LogP contribution in [0, 0.1) is 0 Å². The van der Waals surface area contributed by atoms with Crippen molar-refractivity contribution in [3.05, 3.63) is 29.8 Å². The molecule has 0 heterocycles. The lowest BCUT2D eigenvalue weighted by Crippen LogP contribution is -2.01. The highest BCUT2D eigenvalue weighted by Crippen LogP contribution is 2.43. The van der Waals surface area contributed by atoms with E-state index < -0.39 is 0 Å². The molecule has 0 atom stereocenters. The van der Waals surface area contributed by atoms with Crippen LogP contribution in [0.4, 0.5) is 0 Å². The van der Waals surface area contributed by atoms with Gasteiger partial charge in [-0.15, -0.1) is 0 Å². The molecule has 0 saturated heterocycles. The summed E-state index contributed by atoms with van der Waals surface area (Å²) in [6, 6.07) is 7.92. The lowest BCUT2D eigenvalue weighted by atomic mass is 10.1. The van der Waals surface area contributed by atoms with Gasteiger partial charge < -0.3 is 9.68 Å². The van der Waals surface area contributed by atoms with E-state index in [1.54, 1.807) is 0 Å². The molecule has 1 aromatic carbocycles. The largest absolute Gasteiger partial charge is 0.539 e. The van der Waals surface area contributed by atoms with Crippen LogP contribution in [0.25, 0.3) is 0 Å². The number of rotatable bonds is 3. The van der Waals surface area contributed by atoms with Crippen LogP contribution in [-0.4, -0.2) is 12.7 Å². The quantitative estimate of drug-likeness (QED) is 0.676. The average molecular weight is 162 g/mol. The first-order valence-corrected chi connectivity index (χ1v) is 4.24. The van der Waals surface area contributed by atoms with Crippen molar-refractivity contribution in [1.29, 1.82) is 0 Å². The number of hydrogen-bond acceptors (Lipinski definition) is 2. The van der Waals surface area contributed by atoms with Gasteiger partial charge in [0.05, 0.1) is 0 Å². The molecule has 2 rings (SSSR count). The second-order valence-corrected chi connectivity index (χ2v) is 3.09. The first-order chi connectivity index (χ1) is 5.92. The topological polar surface area (TPSA) is 29.5 Å². The smallest absolute Gasteiger partial charge is 0.504 e. The molecule has 0 bridgehead atoms. The Bertz CT molecular complexity index is 271. The van der Waals surface area contributed by atoms with Gasteiger partial charge in [0.25, 0.3) is 0 Å². The van der Waals surface area contributed by atoms with Crippen LogP contribution in [0.1, 0.15) is 24.3 Å². The number of hydrogen-bond donors (Lipinski definition) is 1. The maximum atomic E-state index is 8.62. The van der Waals surface area contributed by atoms with Crippen molar-refractivity contribution >= 4 is 7.69 Å². The standard InChI is InChI=1S/C9H11BO2/c11-10-12-9-4-2-1-3-8(9)7-5-6-7/h1-4,7,10-11H,5-6H2. The third-order valence-corrected chi connectivity index (χ3v) is 2.16. The van der Waals surface area contributed by atoms with Gasteiger partial charge in [0.2, 0.25) is 0 Å². The molecule has 0 radical (unpaired) electrons. The molecule has 0 aromatic heterocycles. The van der Waals surface area contributed by atoms with E-state index in [0.29, 0.717) is 5.92 Å². The maximum Gasteiger partial charge on any atom is 0.504 e. The molecule has 0 amide bonds. The Morgan fingerprint density at radius 2 is 2.08 bits per heavy atom. The monoisotopic (exact) mass is 162 g/mol. The molecule has 1 saturated carbocycles. The van der Waals surface area contributed by atoms with E-state index in [1.807, 2.05) is 18.2 Å². The minimum absolute atomic E-state index is 0.232. The number of benzene rings is 1. The highest BCUT2D eigenvalue weighted by Gasteiger charge is 2.26. The molecule has 62 valence electrons. The van der Waals surface area contributed by atoms with Crippen LogP contribution in [0.5, 0.6) is 5.75 Å². The van der Waals surface area contributed by atoms with Gasteiger partial charge in [-0.3, -0.25) is 0 Å². The molecule has 12 heavy (non-hydrogen) atoms. The van der Waals surface area contributed by atoms with Crippen molar-refractivity contribution in [1.82, 2.24) is 0 Å². The van der Waals surface area contributed by atoms with Crippen molar-refractivity contribution < 1.29 is 9.68 Å². The van der Waals surface area contributed by atoms with E-state index in [9.17, 15) is 0 Å². The SMILES string of the molecule is OBOc1ccccc1C1CC1. The predicted octanol–water partition coefficient (Wildman–Crippen LogP) is 1.20. The summed E-state index contributed by atoms with van der Waals surface area (Å²) in [4.78, 5) is 0. The van der Waals surface area contributed by atoms with E-state index >= 15 is 0 Å². The third-order valence-electron chi connectivity index (χ3n) is 2.16. The van der Waals surface area contributed by atoms with Crippen molar-refractivity contribution in [3.63, 3.8) is 0 Å². The van der Waals surface area contributed by atoms with E-state index in [0.717, 1.165) is 5.75 Å². The van der Waals surface area contributed by atoms with Gasteiger partial charge >= 0.3 is 7.69 Å². The second-order valence-electron chi connectivity index (χ2n) is 3.09. The van der Waals surface area contributed by atoms with E-state index in [1.165, 1.54) is 18.4 Å². The van der Waals surface area contributed by atoms with E-state index in [2.05, 4.69) is 6.07 Å². The van der Waals surface area contributed by atoms with Crippen LogP contribution < -0.4 is 4.65 Å². The highest BCUT2D eigenvalue weighted by atomic mass is 16.5. The predicted molar refractivity (Wildman–Crippen MR) is 48.4 cm³/mol. The highest BCUT2D eigenvalue weighted by molar-refractivity contribution is 6.17. The fraction of sp³-hybridized carbons (Fsp3) is 0.333. The Morgan fingerprint density at radius 1 is 1.33 bits per heavy atom. The summed E-state index contributed by atoms with van der Waals surface area (Å²) in [5, 5.41) is 8.62. The lowest BCUT2D eigenvalue weighted by molar-refractivity contribution is 0.450. The van der Waals surface area contributed by atoms with Crippen LogP contribution >= 0.6 is 0 Å². The molecule has 1 aliphatic rings. The normalized spacial score (nSPS) is 15.8. The van der Waals surface area contributed by atoms with Gasteiger partial charge in [0, 0.05) is 0 Å². The summed E-state index contributed by atoms with van der Waals surface area (Å²) >= 11 is 0. The summed E-state index contributed by atoms with van der Waals surface area (Å²) in [5.41, 5.74) is 1.24. The molecule has 0 spiro atoms. The lowest BCUT2D eigenvalue weighted by Gasteiger charge is -2.07. The first-order valence-electron chi connectivity index (χ1n) is 4.24. The third kappa shape index (κ3) is 1.46. The van der Waals surface area contributed by atoms with Gasteiger partial charge in [-0.2, -0.15) is 0 Å². The maximum absolute atomic E-state index is 8.62. The van der Waals surface area contributed by atoms with Crippen LogP contribution in [0.2, 0.25) is 0 Å². The summed E-state index contributed by atoms with van der Waals surface area (Å²) in [5.74, 6) is 1.51. The molecule has 0 aliphatic heterocycles. The summed E-state index contributed by atoms with van der Waals surface area (Å²) in [6.07, 6.45) is 2.51. The average Bonchev–Trinajstić information content (AvgIpc) is 2.89. The van der Waals surface area contributed by atoms with Gasteiger partial charge in [0.15, 0.2) is 0 Å². The zero-order valence-corrected chi connectivity index (χ0v) is 6.86. The molecular formula is C9H11BO2. The van der Waals surface area contributed by atoms with Gasteiger partial charge in [-0.25, -0.2) is 0 Å². The molecule has 3 heteroatoms.